The van der Waals surface area contributed by atoms with Crippen molar-refractivity contribution in [1.82, 2.24) is 20.2 Å². The number of halogens is 1. The molecule has 1 atom stereocenters. The summed E-state index contributed by atoms with van der Waals surface area (Å²) in [5.74, 6) is 6.75. The Labute approximate surface area is 173 Å². The summed E-state index contributed by atoms with van der Waals surface area (Å²) in [4.78, 5) is 12.4. The summed E-state index contributed by atoms with van der Waals surface area (Å²) in [6, 6.07) is 15.4. The third kappa shape index (κ3) is 4.85. The van der Waals surface area contributed by atoms with Gasteiger partial charge in [0.15, 0.2) is 5.82 Å². The molecule has 2 aromatic carbocycles. The molecule has 8 heteroatoms. The minimum absolute atomic E-state index is 0.0194. The van der Waals surface area contributed by atoms with Crippen LogP contribution in [-0.2, 0) is 4.79 Å². The van der Waals surface area contributed by atoms with Crippen LogP contribution in [0.25, 0.3) is 11.4 Å². The van der Waals surface area contributed by atoms with Gasteiger partial charge in [0.25, 0.3) is 0 Å². The van der Waals surface area contributed by atoms with E-state index in [0.717, 1.165) is 17.5 Å². The van der Waals surface area contributed by atoms with E-state index in [9.17, 15) is 4.79 Å². The molecule has 0 fully saturated rings. The molecule has 1 aromatic heterocycles. The first-order valence-electron chi connectivity index (χ1n) is 8.93. The maximum absolute atomic E-state index is 12.4. The molecule has 3 rings (SSSR count). The van der Waals surface area contributed by atoms with E-state index < -0.39 is 0 Å². The van der Waals surface area contributed by atoms with Gasteiger partial charge in [-0.2, -0.15) is 0 Å². The van der Waals surface area contributed by atoms with Crippen LogP contribution in [0.3, 0.4) is 0 Å². The van der Waals surface area contributed by atoms with Crippen molar-refractivity contribution in [3.63, 3.8) is 0 Å². The molecule has 0 aliphatic heterocycles. The minimum Gasteiger partial charge on any atom is -0.349 e. The number of amides is 1. The zero-order chi connectivity index (χ0) is 20.1. The number of carbonyl (C=O) groups is 1. The van der Waals surface area contributed by atoms with Crippen molar-refractivity contribution in [2.75, 3.05) is 11.6 Å². The van der Waals surface area contributed by atoms with E-state index in [1.165, 1.54) is 22.0 Å². The Balaban J connectivity index is 1.61. The summed E-state index contributed by atoms with van der Waals surface area (Å²) in [7, 11) is 0. The van der Waals surface area contributed by atoms with Gasteiger partial charge in [-0.25, -0.2) is 4.68 Å². The number of hydrogen-bond donors (Lipinski definition) is 2. The second-order valence-electron chi connectivity index (χ2n) is 6.41. The van der Waals surface area contributed by atoms with Crippen LogP contribution < -0.4 is 11.2 Å². The highest BCUT2D eigenvalue weighted by molar-refractivity contribution is 7.99. The number of thioether (sulfide) groups is 1. The molecule has 0 saturated heterocycles. The van der Waals surface area contributed by atoms with Crippen LogP contribution in [0.15, 0.2) is 53.7 Å². The SMILES string of the molecule is CC[C@@H](NC(=O)CSc1nnc(-c2ccc(Cl)cc2)n1N)c1ccc(C)cc1. The molecule has 28 heavy (non-hydrogen) atoms. The number of rotatable bonds is 7. The molecule has 1 amide bonds. The van der Waals surface area contributed by atoms with Gasteiger partial charge in [-0.1, -0.05) is 60.1 Å². The van der Waals surface area contributed by atoms with Gasteiger partial charge >= 0.3 is 0 Å². The second-order valence-corrected chi connectivity index (χ2v) is 7.79. The van der Waals surface area contributed by atoms with E-state index >= 15 is 0 Å². The Morgan fingerprint density at radius 2 is 1.86 bits per heavy atom. The first kappa shape index (κ1) is 20.2. The molecule has 0 spiro atoms. The maximum atomic E-state index is 12.4. The van der Waals surface area contributed by atoms with Gasteiger partial charge < -0.3 is 11.2 Å². The summed E-state index contributed by atoms with van der Waals surface area (Å²) >= 11 is 7.16. The van der Waals surface area contributed by atoms with Crippen molar-refractivity contribution in [3.8, 4) is 11.4 Å². The van der Waals surface area contributed by atoms with Gasteiger partial charge in [-0.3, -0.25) is 4.79 Å². The van der Waals surface area contributed by atoms with Crippen molar-refractivity contribution in [1.29, 1.82) is 0 Å². The summed E-state index contributed by atoms with van der Waals surface area (Å²) in [6.07, 6.45) is 0.813. The lowest BCUT2D eigenvalue weighted by molar-refractivity contribution is -0.119. The van der Waals surface area contributed by atoms with Gasteiger partial charge in [0, 0.05) is 10.6 Å². The first-order valence-corrected chi connectivity index (χ1v) is 10.3. The number of nitrogens with one attached hydrogen (secondary N) is 1. The van der Waals surface area contributed by atoms with Crippen LogP contribution in [-0.4, -0.2) is 26.5 Å². The third-order valence-electron chi connectivity index (χ3n) is 4.32. The topological polar surface area (TPSA) is 85.8 Å². The standard InChI is InChI=1S/C20H22ClN5OS/c1-3-17(14-6-4-13(2)5-7-14)23-18(27)12-28-20-25-24-19(26(20)22)15-8-10-16(21)11-9-15/h4-11,17H,3,12,22H2,1-2H3,(H,23,27)/t17-/m1/s1. The van der Waals surface area contributed by atoms with Crippen molar-refractivity contribution in [2.45, 2.75) is 31.5 Å². The molecule has 0 unspecified atom stereocenters. The highest BCUT2D eigenvalue weighted by atomic mass is 35.5. The molecule has 1 heterocycles. The molecule has 3 aromatic rings. The number of benzene rings is 2. The largest absolute Gasteiger partial charge is 0.349 e. The molecule has 0 radical (unpaired) electrons. The van der Waals surface area contributed by atoms with Gasteiger partial charge in [0.2, 0.25) is 11.1 Å². The highest BCUT2D eigenvalue weighted by Crippen LogP contribution is 2.23. The van der Waals surface area contributed by atoms with Crippen LogP contribution in [0.2, 0.25) is 5.02 Å². The average molecular weight is 416 g/mol. The lowest BCUT2D eigenvalue weighted by atomic mass is 10.0. The van der Waals surface area contributed by atoms with Crippen molar-refractivity contribution in [2.24, 2.45) is 0 Å². The summed E-state index contributed by atoms with van der Waals surface area (Å²) in [6.45, 7) is 4.09. The van der Waals surface area contributed by atoms with E-state index in [1.54, 1.807) is 12.1 Å². The zero-order valence-electron chi connectivity index (χ0n) is 15.7. The van der Waals surface area contributed by atoms with Crippen molar-refractivity contribution < 1.29 is 4.79 Å². The van der Waals surface area contributed by atoms with E-state index in [4.69, 9.17) is 17.4 Å². The van der Waals surface area contributed by atoms with Crippen LogP contribution in [0, 0.1) is 6.92 Å². The van der Waals surface area contributed by atoms with E-state index in [1.807, 2.05) is 50.2 Å². The van der Waals surface area contributed by atoms with Crippen LogP contribution in [0.1, 0.15) is 30.5 Å². The number of nitrogen functional groups attached to an aromatic ring is 1. The molecule has 3 N–H and O–H groups in total. The third-order valence-corrected chi connectivity index (χ3v) is 5.52. The summed E-state index contributed by atoms with van der Waals surface area (Å²) in [5.41, 5.74) is 3.10. The first-order chi connectivity index (χ1) is 13.5. The Bertz CT molecular complexity index is 940. The van der Waals surface area contributed by atoms with E-state index in [2.05, 4.69) is 15.5 Å². The van der Waals surface area contributed by atoms with Crippen LogP contribution in [0.4, 0.5) is 0 Å². The molecule has 6 nitrogen and oxygen atoms in total. The number of nitrogens with two attached hydrogens (primary N) is 1. The molecule has 0 bridgehead atoms. The van der Waals surface area contributed by atoms with Gasteiger partial charge in [0.1, 0.15) is 0 Å². The number of carbonyl (C=O) groups excluding carboxylic acids is 1. The van der Waals surface area contributed by atoms with Crippen molar-refractivity contribution in [3.05, 3.63) is 64.7 Å². The minimum atomic E-state index is -0.0755. The fourth-order valence-corrected chi connectivity index (χ4v) is 3.55. The normalized spacial score (nSPS) is 12.0. The number of nitrogens with zero attached hydrogens (tertiary/aromatic N) is 3. The second kappa shape index (κ2) is 9.12. The Morgan fingerprint density at radius 3 is 2.50 bits per heavy atom. The molecule has 0 saturated carbocycles. The van der Waals surface area contributed by atoms with E-state index in [-0.39, 0.29) is 17.7 Å². The molecular weight excluding hydrogens is 394 g/mol. The average Bonchev–Trinajstić information content (AvgIpc) is 3.06. The smallest absolute Gasteiger partial charge is 0.230 e. The molecule has 146 valence electrons. The van der Waals surface area contributed by atoms with Crippen LogP contribution in [0.5, 0.6) is 0 Å². The number of hydrogen-bond acceptors (Lipinski definition) is 5. The Kier molecular flexibility index (Phi) is 6.59. The predicted octanol–water partition coefficient (Wildman–Crippen LogP) is 3.98. The molecular formula is C20H22ClN5OS. The van der Waals surface area contributed by atoms with Crippen molar-refractivity contribution >= 4 is 29.3 Å². The molecule has 0 aliphatic carbocycles. The van der Waals surface area contributed by atoms with Gasteiger partial charge in [-0.15, -0.1) is 10.2 Å². The number of aryl methyl sites for hydroxylation is 1. The van der Waals surface area contributed by atoms with Gasteiger partial charge in [0.05, 0.1) is 11.8 Å². The molecule has 0 aliphatic rings. The lowest BCUT2D eigenvalue weighted by Gasteiger charge is -2.17. The summed E-state index contributed by atoms with van der Waals surface area (Å²) in [5, 5.41) is 12.4. The lowest BCUT2D eigenvalue weighted by Crippen LogP contribution is -2.29. The highest BCUT2D eigenvalue weighted by Gasteiger charge is 2.16. The summed E-state index contributed by atoms with van der Waals surface area (Å²) < 4.78 is 1.39. The van der Waals surface area contributed by atoms with Crippen LogP contribution >= 0.6 is 23.4 Å². The predicted molar refractivity (Wildman–Crippen MR) is 114 cm³/mol. The quantitative estimate of drug-likeness (QED) is 0.450. The van der Waals surface area contributed by atoms with E-state index in [0.29, 0.717) is 16.0 Å². The number of aromatic nitrogens is 3. The maximum Gasteiger partial charge on any atom is 0.230 e. The van der Waals surface area contributed by atoms with Gasteiger partial charge in [-0.05, 0) is 43.2 Å². The Hall–Kier alpha value is -2.51. The Morgan fingerprint density at radius 1 is 1.18 bits per heavy atom. The fraction of sp³-hybridized carbons (Fsp3) is 0.250. The zero-order valence-corrected chi connectivity index (χ0v) is 17.3. The fourth-order valence-electron chi connectivity index (χ4n) is 2.76. The monoisotopic (exact) mass is 415 g/mol.